The highest BCUT2D eigenvalue weighted by atomic mass is 15.2. The Hall–Kier alpha value is -0.120. The Bertz CT molecular complexity index is 276. The first-order chi connectivity index (χ1) is 9.83. The fourth-order valence-corrected chi connectivity index (χ4v) is 3.94. The number of piperidine rings is 2. The van der Waals surface area contributed by atoms with Crippen molar-refractivity contribution < 1.29 is 0 Å². The molecule has 0 aromatic carbocycles. The Labute approximate surface area is 125 Å². The molecule has 2 saturated heterocycles. The molecule has 3 nitrogen and oxygen atoms in total. The smallest absolute Gasteiger partial charge is 0.0120 e. The van der Waals surface area contributed by atoms with E-state index in [4.69, 9.17) is 0 Å². The van der Waals surface area contributed by atoms with Gasteiger partial charge in [0, 0.05) is 18.1 Å². The van der Waals surface area contributed by atoms with Crippen molar-refractivity contribution in [1.29, 1.82) is 0 Å². The van der Waals surface area contributed by atoms with Gasteiger partial charge < -0.3 is 15.1 Å². The molecule has 0 bridgehead atoms. The molecule has 0 amide bonds. The lowest BCUT2D eigenvalue weighted by atomic mass is 9.98. The fourth-order valence-electron chi connectivity index (χ4n) is 3.94. The van der Waals surface area contributed by atoms with Crippen LogP contribution in [0.4, 0.5) is 0 Å². The Balaban J connectivity index is 1.34. The largest absolute Gasteiger partial charge is 0.314 e. The van der Waals surface area contributed by atoms with Crippen molar-refractivity contribution in [1.82, 2.24) is 15.1 Å². The molecule has 3 heteroatoms. The quantitative estimate of drug-likeness (QED) is 0.806. The van der Waals surface area contributed by atoms with Crippen LogP contribution in [-0.4, -0.2) is 60.6 Å². The molecule has 1 aliphatic carbocycles. The number of nitrogens with one attached hydrogen (secondary N) is 1. The van der Waals surface area contributed by atoms with Crippen LogP contribution >= 0.6 is 0 Å². The van der Waals surface area contributed by atoms with Crippen molar-refractivity contribution >= 4 is 0 Å². The van der Waals surface area contributed by atoms with Gasteiger partial charge in [-0.3, -0.25) is 0 Å². The summed E-state index contributed by atoms with van der Waals surface area (Å²) in [5.74, 6) is 0. The summed E-state index contributed by atoms with van der Waals surface area (Å²) in [4.78, 5) is 5.51. The van der Waals surface area contributed by atoms with Crippen molar-refractivity contribution in [3.63, 3.8) is 0 Å². The molecular formula is C17H33N3. The highest BCUT2D eigenvalue weighted by Crippen LogP contribution is 2.23. The van der Waals surface area contributed by atoms with E-state index in [2.05, 4.69) is 22.0 Å². The average Bonchev–Trinajstić information content (AvgIpc) is 3.32. The summed E-state index contributed by atoms with van der Waals surface area (Å²) < 4.78 is 0. The molecule has 0 spiro atoms. The minimum Gasteiger partial charge on any atom is -0.314 e. The Morgan fingerprint density at radius 1 is 0.950 bits per heavy atom. The second-order valence-corrected chi connectivity index (χ2v) is 7.23. The number of rotatable bonds is 6. The summed E-state index contributed by atoms with van der Waals surface area (Å²) in [6, 6.07) is 2.53. The van der Waals surface area contributed by atoms with Crippen LogP contribution in [0.1, 0.15) is 58.3 Å². The molecule has 1 N–H and O–H groups in total. The zero-order valence-corrected chi connectivity index (χ0v) is 13.3. The molecule has 0 radical (unpaired) electrons. The molecule has 3 rings (SSSR count). The summed E-state index contributed by atoms with van der Waals surface area (Å²) in [5.41, 5.74) is 0. The Morgan fingerprint density at radius 2 is 1.65 bits per heavy atom. The average molecular weight is 279 g/mol. The van der Waals surface area contributed by atoms with Gasteiger partial charge in [-0.25, -0.2) is 0 Å². The standard InChI is InChI=1S/C17H33N3/c1-15(7-10-18-16-5-6-16)19-13-8-17(9-14-19)20-11-3-2-4-12-20/h15-18H,2-14H2,1H3. The van der Waals surface area contributed by atoms with E-state index in [0.717, 1.165) is 18.1 Å². The summed E-state index contributed by atoms with van der Waals surface area (Å²) >= 11 is 0. The predicted molar refractivity (Wildman–Crippen MR) is 85.1 cm³/mol. The number of hydrogen-bond acceptors (Lipinski definition) is 3. The van der Waals surface area contributed by atoms with Gasteiger partial charge in [-0.15, -0.1) is 0 Å². The van der Waals surface area contributed by atoms with Crippen LogP contribution in [0.5, 0.6) is 0 Å². The molecule has 2 aliphatic heterocycles. The van der Waals surface area contributed by atoms with E-state index in [0.29, 0.717) is 0 Å². The summed E-state index contributed by atoms with van der Waals surface area (Å²) in [6.07, 6.45) is 11.3. The number of nitrogens with zero attached hydrogens (tertiary/aromatic N) is 2. The minimum absolute atomic E-state index is 0.767. The lowest BCUT2D eigenvalue weighted by molar-refractivity contribution is 0.0740. The second-order valence-electron chi connectivity index (χ2n) is 7.23. The van der Waals surface area contributed by atoms with Gasteiger partial charge in [-0.2, -0.15) is 0 Å². The lowest BCUT2D eigenvalue weighted by Crippen LogP contribution is -2.49. The normalized spacial score (nSPS) is 28.6. The molecule has 0 aromatic rings. The highest BCUT2D eigenvalue weighted by molar-refractivity contribution is 4.85. The van der Waals surface area contributed by atoms with Crippen LogP contribution in [0.25, 0.3) is 0 Å². The number of hydrogen-bond donors (Lipinski definition) is 1. The molecule has 0 aromatic heterocycles. The Kier molecular flexibility index (Phi) is 5.36. The van der Waals surface area contributed by atoms with Crippen molar-refractivity contribution in [2.45, 2.75) is 76.4 Å². The first-order valence-electron chi connectivity index (χ1n) is 9.04. The van der Waals surface area contributed by atoms with Crippen LogP contribution in [0.3, 0.4) is 0 Å². The summed E-state index contributed by atoms with van der Waals surface area (Å²) in [5, 5.41) is 3.65. The van der Waals surface area contributed by atoms with Crippen molar-refractivity contribution in [2.75, 3.05) is 32.7 Å². The van der Waals surface area contributed by atoms with Crippen molar-refractivity contribution in [3.05, 3.63) is 0 Å². The second kappa shape index (κ2) is 7.24. The Morgan fingerprint density at radius 3 is 2.30 bits per heavy atom. The van der Waals surface area contributed by atoms with Crippen molar-refractivity contribution in [3.8, 4) is 0 Å². The highest BCUT2D eigenvalue weighted by Gasteiger charge is 2.27. The lowest BCUT2D eigenvalue weighted by Gasteiger charge is -2.42. The van der Waals surface area contributed by atoms with Gasteiger partial charge in [-0.1, -0.05) is 6.42 Å². The molecular weight excluding hydrogens is 246 g/mol. The van der Waals surface area contributed by atoms with Crippen LogP contribution in [0.2, 0.25) is 0 Å². The monoisotopic (exact) mass is 279 g/mol. The zero-order chi connectivity index (χ0) is 13.8. The van der Waals surface area contributed by atoms with Gasteiger partial charge in [0.15, 0.2) is 0 Å². The van der Waals surface area contributed by atoms with Crippen LogP contribution in [-0.2, 0) is 0 Å². The zero-order valence-electron chi connectivity index (χ0n) is 13.3. The van der Waals surface area contributed by atoms with Gasteiger partial charge in [0.1, 0.15) is 0 Å². The molecule has 3 aliphatic rings. The molecule has 1 saturated carbocycles. The molecule has 3 fully saturated rings. The fraction of sp³-hybridized carbons (Fsp3) is 1.00. The van der Waals surface area contributed by atoms with Crippen LogP contribution in [0, 0.1) is 0 Å². The summed E-state index contributed by atoms with van der Waals surface area (Å²) in [6.45, 7) is 9.03. The van der Waals surface area contributed by atoms with E-state index >= 15 is 0 Å². The number of likely N-dealkylation sites (tertiary alicyclic amines) is 2. The molecule has 1 unspecified atom stereocenters. The third-order valence-electron chi connectivity index (χ3n) is 5.60. The van der Waals surface area contributed by atoms with E-state index in [1.54, 1.807) is 0 Å². The first-order valence-corrected chi connectivity index (χ1v) is 9.04. The van der Waals surface area contributed by atoms with E-state index in [1.807, 2.05) is 0 Å². The van der Waals surface area contributed by atoms with Crippen LogP contribution < -0.4 is 5.32 Å². The molecule has 2 heterocycles. The van der Waals surface area contributed by atoms with E-state index in [1.165, 1.54) is 84.1 Å². The van der Waals surface area contributed by atoms with Gasteiger partial charge >= 0.3 is 0 Å². The van der Waals surface area contributed by atoms with E-state index in [-0.39, 0.29) is 0 Å². The van der Waals surface area contributed by atoms with E-state index < -0.39 is 0 Å². The topological polar surface area (TPSA) is 18.5 Å². The third kappa shape index (κ3) is 4.19. The maximum atomic E-state index is 3.65. The first kappa shape index (κ1) is 14.8. The molecule has 116 valence electrons. The van der Waals surface area contributed by atoms with Crippen molar-refractivity contribution in [2.24, 2.45) is 0 Å². The van der Waals surface area contributed by atoms with Gasteiger partial charge in [0.05, 0.1) is 0 Å². The maximum absolute atomic E-state index is 3.65. The minimum atomic E-state index is 0.767. The van der Waals surface area contributed by atoms with E-state index in [9.17, 15) is 0 Å². The SMILES string of the molecule is CC(CCNC1CC1)N1CCC(N2CCCCC2)CC1. The molecule has 1 atom stereocenters. The van der Waals surface area contributed by atoms with Gasteiger partial charge in [0.25, 0.3) is 0 Å². The summed E-state index contributed by atoms with van der Waals surface area (Å²) in [7, 11) is 0. The van der Waals surface area contributed by atoms with Crippen LogP contribution in [0.15, 0.2) is 0 Å². The van der Waals surface area contributed by atoms with Gasteiger partial charge in [0.2, 0.25) is 0 Å². The van der Waals surface area contributed by atoms with Gasteiger partial charge in [-0.05, 0) is 84.6 Å². The third-order valence-corrected chi connectivity index (χ3v) is 5.60. The maximum Gasteiger partial charge on any atom is 0.0120 e. The predicted octanol–water partition coefficient (Wildman–Crippen LogP) is 2.47. The molecule has 20 heavy (non-hydrogen) atoms.